The molecule has 19 heavy (non-hydrogen) atoms. The first kappa shape index (κ1) is 14.7. The molecule has 0 N–H and O–H groups in total. The molecule has 2 heteroatoms. The zero-order valence-electron chi connectivity index (χ0n) is 13.2. The Morgan fingerprint density at radius 2 is 1.68 bits per heavy atom. The molecule has 3 fully saturated rings. The molecule has 0 amide bonds. The van der Waals surface area contributed by atoms with Crippen LogP contribution in [0.15, 0.2) is 0 Å². The molecular weight excluding hydrogens is 267 g/mol. The molecule has 110 valence electrons. The van der Waals surface area contributed by atoms with E-state index in [2.05, 4.69) is 38.8 Å². The number of hydrogen-bond acceptors (Lipinski definition) is 1. The number of rotatable bonds is 3. The standard InChI is InChI=1S/C17H31PS/c1-16(2)13-10-11-17(16,3)15(12-13)19-18(4)14-8-6-5-7-9-14/h13-15H,5-12H2,1-4H3/t13-,15-,17+,18?/m1/s1. The number of fused-ring (bicyclic) bond motifs is 2. The van der Waals surface area contributed by atoms with Gasteiger partial charge in [-0.05, 0) is 68.3 Å². The summed E-state index contributed by atoms with van der Waals surface area (Å²) in [5, 5.41) is 0.972. The Morgan fingerprint density at radius 1 is 1.00 bits per heavy atom. The van der Waals surface area contributed by atoms with Crippen LogP contribution in [0.3, 0.4) is 0 Å². The fraction of sp³-hybridized carbons (Fsp3) is 1.00. The third-order valence-corrected chi connectivity index (χ3v) is 12.6. The normalized spacial score (nSPS) is 43.6. The highest BCUT2D eigenvalue weighted by Crippen LogP contribution is 2.72. The van der Waals surface area contributed by atoms with Gasteiger partial charge in [-0.15, -0.1) is 11.4 Å². The van der Waals surface area contributed by atoms with Crippen LogP contribution in [0.4, 0.5) is 0 Å². The highest BCUT2D eigenvalue weighted by Gasteiger charge is 2.61. The Kier molecular flexibility index (Phi) is 4.03. The lowest BCUT2D eigenvalue weighted by molar-refractivity contribution is 0.157. The lowest BCUT2D eigenvalue weighted by Crippen LogP contribution is -2.33. The smallest absolute Gasteiger partial charge is 0.0150 e. The summed E-state index contributed by atoms with van der Waals surface area (Å²) < 4.78 is 0. The fourth-order valence-electron chi connectivity index (χ4n) is 5.02. The maximum atomic E-state index is 2.61. The van der Waals surface area contributed by atoms with Gasteiger partial charge in [0.05, 0.1) is 0 Å². The van der Waals surface area contributed by atoms with Gasteiger partial charge in [0, 0.05) is 5.25 Å². The third kappa shape index (κ3) is 2.32. The van der Waals surface area contributed by atoms with E-state index in [0.717, 1.165) is 16.8 Å². The second-order valence-electron chi connectivity index (χ2n) is 8.04. The molecule has 0 saturated heterocycles. The van der Waals surface area contributed by atoms with Crippen molar-refractivity contribution in [3.8, 4) is 0 Å². The quantitative estimate of drug-likeness (QED) is 0.551. The first-order valence-electron chi connectivity index (χ1n) is 8.35. The van der Waals surface area contributed by atoms with Crippen molar-refractivity contribution in [2.24, 2.45) is 16.7 Å². The van der Waals surface area contributed by atoms with Crippen LogP contribution in [0.5, 0.6) is 0 Å². The van der Waals surface area contributed by atoms with Gasteiger partial charge in [0.25, 0.3) is 0 Å². The minimum atomic E-state index is 0.222. The maximum absolute atomic E-state index is 2.61. The molecule has 1 unspecified atom stereocenters. The Balaban J connectivity index is 1.65. The van der Waals surface area contributed by atoms with Crippen LogP contribution in [0.25, 0.3) is 0 Å². The summed E-state index contributed by atoms with van der Waals surface area (Å²) in [5.74, 6) is 1.02. The summed E-state index contributed by atoms with van der Waals surface area (Å²) in [5.41, 5.74) is 2.32. The van der Waals surface area contributed by atoms with Crippen LogP contribution in [0.2, 0.25) is 0 Å². The molecule has 3 rings (SSSR count). The Bertz CT molecular complexity index is 334. The molecule has 3 aliphatic rings. The first-order chi connectivity index (χ1) is 8.95. The highest BCUT2D eigenvalue weighted by molar-refractivity contribution is 8.56. The van der Waals surface area contributed by atoms with Gasteiger partial charge >= 0.3 is 0 Å². The van der Waals surface area contributed by atoms with Crippen molar-refractivity contribution < 1.29 is 0 Å². The SMILES string of the molecule is CP(S[C@@H]1C[C@H]2CC[C@]1(C)C2(C)C)C1CCCCC1. The molecule has 0 heterocycles. The molecule has 3 aliphatic carbocycles. The third-order valence-electron chi connectivity index (χ3n) is 7.10. The van der Waals surface area contributed by atoms with Gasteiger partial charge in [0.1, 0.15) is 0 Å². The average molecular weight is 298 g/mol. The van der Waals surface area contributed by atoms with E-state index in [4.69, 9.17) is 0 Å². The summed E-state index contributed by atoms with van der Waals surface area (Å²) in [6.45, 7) is 10.3. The summed E-state index contributed by atoms with van der Waals surface area (Å²) in [6, 6.07) is 0. The van der Waals surface area contributed by atoms with Gasteiger partial charge < -0.3 is 0 Å². The zero-order chi connectivity index (χ0) is 13.7. The second kappa shape index (κ2) is 5.20. The van der Waals surface area contributed by atoms with Crippen molar-refractivity contribution in [2.75, 3.05) is 6.66 Å². The molecule has 0 aromatic rings. The van der Waals surface area contributed by atoms with Crippen molar-refractivity contribution >= 4 is 18.5 Å². The molecule has 0 aliphatic heterocycles. The van der Waals surface area contributed by atoms with E-state index >= 15 is 0 Å². The van der Waals surface area contributed by atoms with Gasteiger partial charge in [0.2, 0.25) is 0 Å². The van der Waals surface area contributed by atoms with Crippen molar-refractivity contribution in [1.29, 1.82) is 0 Å². The predicted molar refractivity (Wildman–Crippen MR) is 90.3 cm³/mol. The van der Waals surface area contributed by atoms with E-state index in [1.807, 2.05) is 0 Å². The van der Waals surface area contributed by atoms with E-state index in [9.17, 15) is 0 Å². The van der Waals surface area contributed by atoms with Crippen molar-refractivity contribution in [2.45, 2.75) is 83.0 Å². The van der Waals surface area contributed by atoms with E-state index in [1.165, 1.54) is 51.4 Å². The lowest BCUT2D eigenvalue weighted by atomic mass is 9.71. The van der Waals surface area contributed by atoms with Gasteiger partial charge in [-0.2, -0.15) is 0 Å². The van der Waals surface area contributed by atoms with Crippen LogP contribution in [0.1, 0.15) is 72.1 Å². The molecule has 0 aromatic heterocycles. The van der Waals surface area contributed by atoms with Crippen molar-refractivity contribution in [1.82, 2.24) is 0 Å². The van der Waals surface area contributed by atoms with Crippen LogP contribution < -0.4 is 0 Å². The second-order valence-corrected chi connectivity index (χ2v) is 13.0. The topological polar surface area (TPSA) is 0 Å². The molecule has 3 saturated carbocycles. The van der Waals surface area contributed by atoms with Crippen LogP contribution in [0, 0.1) is 16.7 Å². The van der Waals surface area contributed by atoms with Gasteiger partial charge in [-0.25, -0.2) is 0 Å². The fourth-order valence-corrected chi connectivity index (χ4v) is 11.0. The highest BCUT2D eigenvalue weighted by atomic mass is 32.7. The minimum Gasteiger partial charge on any atom is -0.130 e. The zero-order valence-corrected chi connectivity index (χ0v) is 15.0. The molecular formula is C17H31PS. The average Bonchev–Trinajstić information content (AvgIpc) is 2.73. The predicted octanol–water partition coefficient (Wildman–Crippen LogP) is 6.29. The van der Waals surface area contributed by atoms with Gasteiger partial charge in [0.15, 0.2) is 0 Å². The van der Waals surface area contributed by atoms with E-state index in [1.54, 1.807) is 0 Å². The number of hydrogen-bond donors (Lipinski definition) is 0. The summed E-state index contributed by atoms with van der Waals surface area (Å²) >= 11 is 2.44. The summed E-state index contributed by atoms with van der Waals surface area (Å²) in [6.07, 6.45) is 12.1. The Hall–Kier alpha value is 0.780. The molecule has 0 nitrogen and oxygen atoms in total. The minimum absolute atomic E-state index is 0.222. The summed E-state index contributed by atoms with van der Waals surface area (Å²) in [7, 11) is 0.222. The molecule has 4 atom stereocenters. The van der Waals surface area contributed by atoms with Crippen molar-refractivity contribution in [3.05, 3.63) is 0 Å². The van der Waals surface area contributed by atoms with Crippen molar-refractivity contribution in [3.63, 3.8) is 0 Å². The monoisotopic (exact) mass is 298 g/mol. The maximum Gasteiger partial charge on any atom is 0.0150 e. The largest absolute Gasteiger partial charge is 0.130 e. The molecule has 0 radical (unpaired) electrons. The summed E-state index contributed by atoms with van der Waals surface area (Å²) in [4.78, 5) is 0. The van der Waals surface area contributed by atoms with E-state index in [-0.39, 0.29) is 7.12 Å². The Morgan fingerprint density at radius 3 is 2.21 bits per heavy atom. The van der Waals surface area contributed by atoms with Gasteiger partial charge in [-0.3, -0.25) is 0 Å². The lowest BCUT2D eigenvalue weighted by Gasteiger charge is -2.41. The van der Waals surface area contributed by atoms with E-state index < -0.39 is 0 Å². The van der Waals surface area contributed by atoms with Crippen LogP contribution in [-0.4, -0.2) is 17.6 Å². The first-order valence-corrected chi connectivity index (χ1v) is 11.7. The van der Waals surface area contributed by atoms with Crippen LogP contribution >= 0.6 is 18.5 Å². The molecule has 2 bridgehead atoms. The molecule has 0 spiro atoms. The van der Waals surface area contributed by atoms with E-state index in [0.29, 0.717) is 10.8 Å². The van der Waals surface area contributed by atoms with Crippen LogP contribution in [-0.2, 0) is 0 Å². The molecule has 0 aromatic carbocycles. The van der Waals surface area contributed by atoms with Gasteiger partial charge in [-0.1, -0.05) is 40.0 Å². The Labute approximate surface area is 125 Å².